The van der Waals surface area contributed by atoms with Crippen LogP contribution in [0.4, 0.5) is 0 Å². The summed E-state index contributed by atoms with van der Waals surface area (Å²) in [5.74, 6) is 0.552. The SMILES string of the molecule is COCCCOc1cccc(-n2c(-c3ccccc3)c(C(=O)N3CCNCC3)n(CCNC(=O)CC(C)C)c2=O)c1. The predicted octanol–water partition coefficient (Wildman–Crippen LogP) is 2.93. The van der Waals surface area contributed by atoms with Crippen LogP contribution in [-0.2, 0) is 16.1 Å². The van der Waals surface area contributed by atoms with E-state index in [0.29, 0.717) is 68.6 Å². The van der Waals surface area contributed by atoms with Crippen molar-refractivity contribution in [1.82, 2.24) is 24.7 Å². The van der Waals surface area contributed by atoms with Gasteiger partial charge in [-0.05, 0) is 18.1 Å². The van der Waals surface area contributed by atoms with Crippen LogP contribution in [0, 0.1) is 5.92 Å². The highest BCUT2D eigenvalue weighted by molar-refractivity contribution is 5.99. The van der Waals surface area contributed by atoms with Crippen LogP contribution in [0.5, 0.6) is 5.75 Å². The number of aromatic nitrogens is 2. The minimum Gasteiger partial charge on any atom is -0.493 e. The van der Waals surface area contributed by atoms with Crippen LogP contribution in [0.1, 0.15) is 37.2 Å². The highest BCUT2D eigenvalue weighted by Gasteiger charge is 2.30. The van der Waals surface area contributed by atoms with Gasteiger partial charge >= 0.3 is 5.69 Å². The van der Waals surface area contributed by atoms with E-state index >= 15 is 0 Å². The molecule has 41 heavy (non-hydrogen) atoms. The Labute approximate surface area is 241 Å². The van der Waals surface area contributed by atoms with Crippen LogP contribution in [0.15, 0.2) is 59.4 Å². The van der Waals surface area contributed by atoms with Gasteiger partial charge in [0.25, 0.3) is 5.91 Å². The fourth-order valence-corrected chi connectivity index (χ4v) is 4.94. The molecule has 2 heterocycles. The Bertz CT molecular complexity index is 1360. The Morgan fingerprint density at radius 1 is 1.02 bits per heavy atom. The summed E-state index contributed by atoms with van der Waals surface area (Å²) in [6.45, 7) is 7.88. The number of carbonyl (C=O) groups is 2. The number of benzene rings is 2. The highest BCUT2D eigenvalue weighted by atomic mass is 16.5. The van der Waals surface area contributed by atoms with Crippen molar-refractivity contribution in [2.24, 2.45) is 5.92 Å². The zero-order chi connectivity index (χ0) is 29.2. The molecule has 4 rings (SSSR count). The van der Waals surface area contributed by atoms with E-state index in [1.165, 1.54) is 4.57 Å². The first-order valence-corrected chi connectivity index (χ1v) is 14.3. The Morgan fingerprint density at radius 3 is 2.49 bits per heavy atom. The molecule has 1 saturated heterocycles. The van der Waals surface area contributed by atoms with Gasteiger partial charge in [0.05, 0.1) is 18.0 Å². The molecular weight excluding hydrogens is 522 g/mol. The van der Waals surface area contributed by atoms with Gasteiger partial charge in [-0.25, -0.2) is 4.79 Å². The second kappa shape index (κ2) is 14.7. The van der Waals surface area contributed by atoms with E-state index in [-0.39, 0.29) is 36.5 Å². The summed E-state index contributed by atoms with van der Waals surface area (Å²) in [7, 11) is 1.65. The molecule has 0 spiro atoms. The molecule has 0 saturated carbocycles. The van der Waals surface area contributed by atoms with Gasteiger partial charge in [0, 0.05) is 77.5 Å². The number of amides is 2. The topological polar surface area (TPSA) is 107 Å². The van der Waals surface area contributed by atoms with Gasteiger partial charge in [0.2, 0.25) is 5.91 Å². The van der Waals surface area contributed by atoms with Gasteiger partial charge in [-0.15, -0.1) is 0 Å². The summed E-state index contributed by atoms with van der Waals surface area (Å²) >= 11 is 0. The number of ether oxygens (including phenoxy) is 2. The van der Waals surface area contributed by atoms with Crippen LogP contribution in [-0.4, -0.2) is 78.9 Å². The normalized spacial score (nSPS) is 13.4. The van der Waals surface area contributed by atoms with E-state index in [4.69, 9.17) is 9.47 Å². The third-order valence-electron chi connectivity index (χ3n) is 6.88. The number of hydrogen-bond acceptors (Lipinski definition) is 6. The van der Waals surface area contributed by atoms with E-state index < -0.39 is 0 Å². The van der Waals surface area contributed by atoms with Crippen LogP contribution in [0.2, 0.25) is 0 Å². The van der Waals surface area contributed by atoms with Crippen molar-refractivity contribution in [1.29, 1.82) is 0 Å². The third kappa shape index (κ3) is 7.65. The molecule has 1 fully saturated rings. The molecule has 3 aromatic rings. The van der Waals surface area contributed by atoms with Crippen molar-refractivity contribution < 1.29 is 19.1 Å². The van der Waals surface area contributed by atoms with Crippen molar-refractivity contribution in [3.8, 4) is 22.7 Å². The zero-order valence-corrected chi connectivity index (χ0v) is 24.2. The molecule has 0 bridgehead atoms. The van der Waals surface area contributed by atoms with Crippen LogP contribution in [0.25, 0.3) is 16.9 Å². The summed E-state index contributed by atoms with van der Waals surface area (Å²) < 4.78 is 14.1. The number of hydrogen-bond donors (Lipinski definition) is 2. The third-order valence-corrected chi connectivity index (χ3v) is 6.88. The summed E-state index contributed by atoms with van der Waals surface area (Å²) in [6.07, 6.45) is 1.13. The van der Waals surface area contributed by atoms with E-state index in [1.807, 2.05) is 68.4 Å². The van der Waals surface area contributed by atoms with Gasteiger partial charge in [-0.3, -0.25) is 18.7 Å². The minimum atomic E-state index is -0.350. The number of rotatable bonds is 13. The average molecular weight is 564 g/mol. The molecule has 2 N–H and O–H groups in total. The molecular formula is C31H41N5O5. The lowest BCUT2D eigenvalue weighted by atomic mass is 10.1. The fourth-order valence-electron chi connectivity index (χ4n) is 4.94. The average Bonchev–Trinajstić information content (AvgIpc) is 3.27. The lowest BCUT2D eigenvalue weighted by Crippen LogP contribution is -2.47. The molecule has 1 aliphatic rings. The number of methoxy groups -OCH3 is 1. The molecule has 0 radical (unpaired) electrons. The van der Waals surface area contributed by atoms with Gasteiger partial charge in [0.15, 0.2) is 0 Å². The second-order valence-electron chi connectivity index (χ2n) is 10.5. The summed E-state index contributed by atoms with van der Waals surface area (Å²) in [6, 6.07) is 16.8. The molecule has 1 aliphatic heterocycles. The molecule has 220 valence electrons. The van der Waals surface area contributed by atoms with E-state index in [9.17, 15) is 14.4 Å². The maximum atomic E-state index is 14.2. The molecule has 2 aromatic carbocycles. The zero-order valence-electron chi connectivity index (χ0n) is 24.2. The predicted molar refractivity (Wildman–Crippen MR) is 159 cm³/mol. The van der Waals surface area contributed by atoms with E-state index in [0.717, 1.165) is 12.0 Å². The maximum Gasteiger partial charge on any atom is 0.333 e. The van der Waals surface area contributed by atoms with Crippen LogP contribution in [0.3, 0.4) is 0 Å². The van der Waals surface area contributed by atoms with E-state index in [2.05, 4.69) is 10.6 Å². The maximum absolute atomic E-state index is 14.2. The Balaban J connectivity index is 1.81. The first-order valence-electron chi connectivity index (χ1n) is 14.3. The van der Waals surface area contributed by atoms with Gasteiger partial charge in [-0.2, -0.15) is 0 Å². The highest BCUT2D eigenvalue weighted by Crippen LogP contribution is 2.29. The van der Waals surface area contributed by atoms with Crippen molar-refractivity contribution in [2.45, 2.75) is 33.2 Å². The summed E-state index contributed by atoms with van der Waals surface area (Å²) in [5, 5.41) is 6.19. The molecule has 10 heteroatoms. The molecule has 0 atom stereocenters. The standard InChI is InChI=1S/C31H41N5O5/c1-23(2)21-27(37)33-15-18-35-29(30(38)34-16-13-32-14-17-34)28(24-9-5-4-6-10-24)36(31(35)39)25-11-7-12-26(22-25)41-20-8-19-40-3/h4-7,9-12,22-23,32H,8,13-21H2,1-3H3,(H,33,37). The number of carbonyl (C=O) groups excluding carboxylic acids is 2. The fraction of sp³-hybridized carbons (Fsp3) is 0.452. The van der Waals surface area contributed by atoms with Crippen molar-refractivity contribution in [3.05, 3.63) is 70.8 Å². The lowest BCUT2D eigenvalue weighted by molar-refractivity contribution is -0.121. The molecule has 1 aromatic heterocycles. The number of nitrogens with one attached hydrogen (secondary N) is 2. The Hall–Kier alpha value is -3.89. The Morgan fingerprint density at radius 2 is 1.78 bits per heavy atom. The first kappa shape index (κ1) is 30.1. The number of piperazine rings is 1. The largest absolute Gasteiger partial charge is 0.493 e. The quantitative estimate of drug-likeness (QED) is 0.310. The van der Waals surface area contributed by atoms with Crippen molar-refractivity contribution >= 4 is 11.8 Å². The molecule has 2 amide bonds. The van der Waals surface area contributed by atoms with Crippen LogP contribution < -0.4 is 21.1 Å². The molecule has 10 nitrogen and oxygen atoms in total. The van der Waals surface area contributed by atoms with Gasteiger partial charge in [0.1, 0.15) is 11.4 Å². The molecule has 0 aliphatic carbocycles. The molecule has 0 unspecified atom stereocenters. The smallest absolute Gasteiger partial charge is 0.333 e. The minimum absolute atomic E-state index is 0.0796. The number of nitrogens with zero attached hydrogens (tertiary/aromatic N) is 3. The second-order valence-corrected chi connectivity index (χ2v) is 10.5. The summed E-state index contributed by atoms with van der Waals surface area (Å²) in [5.41, 5.74) is 1.82. The summed E-state index contributed by atoms with van der Waals surface area (Å²) in [4.78, 5) is 42.5. The van der Waals surface area contributed by atoms with Crippen molar-refractivity contribution in [2.75, 3.05) is 53.0 Å². The van der Waals surface area contributed by atoms with Crippen LogP contribution >= 0.6 is 0 Å². The van der Waals surface area contributed by atoms with E-state index in [1.54, 1.807) is 16.6 Å². The van der Waals surface area contributed by atoms with Gasteiger partial charge < -0.3 is 25.0 Å². The lowest BCUT2D eigenvalue weighted by Gasteiger charge is -2.28. The van der Waals surface area contributed by atoms with Crippen molar-refractivity contribution in [3.63, 3.8) is 0 Å². The first-order chi connectivity index (χ1) is 19.9. The van der Waals surface area contributed by atoms with Gasteiger partial charge in [-0.1, -0.05) is 50.2 Å². The number of imidazole rings is 1. The Kier molecular flexibility index (Phi) is 10.8. The monoisotopic (exact) mass is 563 g/mol.